The fraction of sp³-hybridized carbons (Fsp3) is 0.533. The Hall–Kier alpha value is -1.34. The molecular formula is C15H22N2OS. The summed E-state index contributed by atoms with van der Waals surface area (Å²) in [5.41, 5.74) is 7.17. The number of nitrogens with two attached hydrogens (primary N) is 1. The van der Waals surface area contributed by atoms with Crippen LogP contribution in [0.2, 0.25) is 0 Å². The van der Waals surface area contributed by atoms with E-state index in [0.29, 0.717) is 5.75 Å². The predicted octanol–water partition coefficient (Wildman–Crippen LogP) is 3.40. The van der Waals surface area contributed by atoms with E-state index in [2.05, 4.69) is 6.07 Å². The van der Waals surface area contributed by atoms with Gasteiger partial charge < -0.3 is 5.73 Å². The number of benzene rings is 1. The van der Waals surface area contributed by atoms with Crippen LogP contribution >= 0.6 is 0 Å². The lowest BCUT2D eigenvalue weighted by Gasteiger charge is -2.14. The highest BCUT2D eigenvalue weighted by Gasteiger charge is 2.15. The molecular weight excluding hydrogens is 256 g/mol. The lowest BCUT2D eigenvalue weighted by Crippen LogP contribution is -2.08. The van der Waals surface area contributed by atoms with E-state index in [1.165, 1.54) is 0 Å². The van der Waals surface area contributed by atoms with E-state index >= 15 is 0 Å². The van der Waals surface area contributed by atoms with E-state index in [0.717, 1.165) is 35.4 Å². The second-order valence-corrected chi connectivity index (χ2v) is 7.09. The van der Waals surface area contributed by atoms with Gasteiger partial charge in [0.05, 0.1) is 22.3 Å². The van der Waals surface area contributed by atoms with Gasteiger partial charge in [-0.3, -0.25) is 4.21 Å². The van der Waals surface area contributed by atoms with Crippen LogP contribution in [0.25, 0.3) is 0 Å². The van der Waals surface area contributed by atoms with Crippen molar-refractivity contribution in [3.8, 4) is 6.07 Å². The molecule has 1 rings (SSSR count). The van der Waals surface area contributed by atoms with Crippen LogP contribution in [0.5, 0.6) is 0 Å². The Morgan fingerprint density at radius 1 is 1.37 bits per heavy atom. The third-order valence-electron chi connectivity index (χ3n) is 3.19. The van der Waals surface area contributed by atoms with Crippen molar-refractivity contribution in [1.29, 1.82) is 5.26 Å². The summed E-state index contributed by atoms with van der Waals surface area (Å²) >= 11 is 0. The first-order chi connectivity index (χ1) is 8.85. The van der Waals surface area contributed by atoms with Crippen LogP contribution < -0.4 is 5.73 Å². The van der Waals surface area contributed by atoms with Crippen molar-refractivity contribution in [2.75, 3.05) is 11.5 Å². The molecule has 0 aliphatic heterocycles. The third kappa shape index (κ3) is 5.04. The normalized spacial score (nSPS) is 12.9. The van der Waals surface area contributed by atoms with E-state index in [1.807, 2.05) is 32.9 Å². The number of nitrogens with zero attached hydrogens (tertiary/aromatic N) is 1. The maximum atomic E-state index is 12.1. The molecule has 0 aromatic heterocycles. The highest BCUT2D eigenvalue weighted by Crippen LogP contribution is 2.22. The first kappa shape index (κ1) is 15.7. The third-order valence-corrected chi connectivity index (χ3v) is 4.63. The number of unbranched alkanes of at least 4 members (excludes halogenated alkanes) is 1. The zero-order chi connectivity index (χ0) is 14.5. The van der Waals surface area contributed by atoms with Crippen LogP contribution in [-0.4, -0.2) is 9.96 Å². The van der Waals surface area contributed by atoms with Crippen LogP contribution in [0.15, 0.2) is 23.1 Å². The molecule has 2 N–H and O–H groups in total. The van der Waals surface area contributed by atoms with Gasteiger partial charge in [0, 0.05) is 16.3 Å². The molecule has 0 bridgehead atoms. The van der Waals surface area contributed by atoms with Gasteiger partial charge in [-0.05, 0) is 57.4 Å². The molecule has 0 aliphatic rings. The van der Waals surface area contributed by atoms with Gasteiger partial charge in [0.15, 0.2) is 0 Å². The van der Waals surface area contributed by atoms with Gasteiger partial charge in [-0.1, -0.05) is 6.42 Å². The standard InChI is InChI=1S/C15H22N2OS/c1-12-10-13(6-7-14(12)17)19(18)9-5-4-8-15(2,3)11-16/h6-7,10H,4-5,8-9,17H2,1-3H3. The molecule has 0 heterocycles. The van der Waals surface area contributed by atoms with Crippen molar-refractivity contribution in [2.24, 2.45) is 5.41 Å². The zero-order valence-electron chi connectivity index (χ0n) is 11.9. The van der Waals surface area contributed by atoms with Gasteiger partial charge in [0.1, 0.15) is 0 Å². The highest BCUT2D eigenvalue weighted by molar-refractivity contribution is 7.85. The first-order valence-corrected chi connectivity index (χ1v) is 7.83. The monoisotopic (exact) mass is 278 g/mol. The van der Waals surface area contributed by atoms with Crippen molar-refractivity contribution in [1.82, 2.24) is 0 Å². The molecule has 1 unspecified atom stereocenters. The number of aryl methyl sites for hydroxylation is 1. The van der Waals surface area contributed by atoms with Crippen LogP contribution in [0.1, 0.15) is 38.7 Å². The summed E-state index contributed by atoms with van der Waals surface area (Å²) in [5.74, 6) is 0.644. The van der Waals surface area contributed by atoms with Crippen molar-refractivity contribution in [3.05, 3.63) is 23.8 Å². The molecule has 0 spiro atoms. The lowest BCUT2D eigenvalue weighted by molar-refractivity contribution is 0.432. The van der Waals surface area contributed by atoms with Crippen LogP contribution in [-0.2, 0) is 10.8 Å². The summed E-state index contributed by atoms with van der Waals surface area (Å²) in [7, 11) is -0.971. The van der Waals surface area contributed by atoms with Gasteiger partial charge in [0.25, 0.3) is 0 Å². The Bertz CT molecular complexity index is 503. The summed E-state index contributed by atoms with van der Waals surface area (Å²) in [6.07, 6.45) is 2.66. The molecule has 0 aliphatic carbocycles. The maximum absolute atomic E-state index is 12.1. The van der Waals surface area contributed by atoms with E-state index in [1.54, 1.807) is 6.07 Å². The van der Waals surface area contributed by atoms with Crippen molar-refractivity contribution in [2.45, 2.75) is 44.9 Å². The van der Waals surface area contributed by atoms with Crippen molar-refractivity contribution >= 4 is 16.5 Å². The topological polar surface area (TPSA) is 66.9 Å². The quantitative estimate of drug-likeness (QED) is 0.640. The van der Waals surface area contributed by atoms with Crippen molar-refractivity contribution in [3.63, 3.8) is 0 Å². The molecule has 0 saturated carbocycles. The van der Waals surface area contributed by atoms with Crippen LogP contribution in [0.3, 0.4) is 0 Å². The summed E-state index contributed by atoms with van der Waals surface area (Å²) in [5, 5.41) is 8.92. The number of nitriles is 1. The Balaban J connectivity index is 2.44. The maximum Gasteiger partial charge on any atom is 0.0683 e. The molecule has 19 heavy (non-hydrogen) atoms. The second kappa shape index (κ2) is 6.72. The Labute approximate surface area is 118 Å². The predicted molar refractivity (Wildman–Crippen MR) is 80.1 cm³/mol. The molecule has 0 fully saturated rings. The number of nitrogen functional groups attached to an aromatic ring is 1. The summed E-state index contributed by atoms with van der Waals surface area (Å²) in [4.78, 5) is 0.839. The largest absolute Gasteiger partial charge is 0.399 e. The van der Waals surface area contributed by atoms with Gasteiger partial charge >= 0.3 is 0 Å². The average molecular weight is 278 g/mol. The fourth-order valence-electron chi connectivity index (χ4n) is 1.76. The fourth-order valence-corrected chi connectivity index (χ4v) is 2.99. The number of rotatable bonds is 6. The van der Waals surface area contributed by atoms with E-state index in [9.17, 15) is 4.21 Å². The molecule has 1 aromatic carbocycles. The minimum atomic E-state index is -0.971. The lowest BCUT2D eigenvalue weighted by atomic mass is 9.89. The molecule has 3 nitrogen and oxygen atoms in total. The summed E-state index contributed by atoms with van der Waals surface area (Å²) in [6, 6.07) is 7.82. The highest BCUT2D eigenvalue weighted by atomic mass is 32.2. The molecule has 4 heteroatoms. The minimum absolute atomic E-state index is 0.278. The Morgan fingerprint density at radius 3 is 2.63 bits per heavy atom. The van der Waals surface area contributed by atoms with E-state index in [4.69, 9.17) is 11.0 Å². The van der Waals surface area contributed by atoms with Crippen LogP contribution in [0.4, 0.5) is 5.69 Å². The van der Waals surface area contributed by atoms with Gasteiger partial charge in [-0.15, -0.1) is 0 Å². The summed E-state index contributed by atoms with van der Waals surface area (Å²) in [6.45, 7) is 5.80. The molecule has 0 amide bonds. The molecule has 1 aromatic rings. The number of hydrogen-bond donors (Lipinski definition) is 1. The molecule has 0 radical (unpaired) electrons. The Kier molecular flexibility index (Phi) is 5.56. The van der Waals surface area contributed by atoms with Gasteiger partial charge in [-0.2, -0.15) is 5.26 Å². The molecule has 104 valence electrons. The van der Waals surface area contributed by atoms with Gasteiger partial charge in [-0.25, -0.2) is 0 Å². The SMILES string of the molecule is Cc1cc(S(=O)CCCCC(C)(C)C#N)ccc1N. The molecule has 0 saturated heterocycles. The smallest absolute Gasteiger partial charge is 0.0683 e. The molecule has 1 atom stereocenters. The zero-order valence-corrected chi connectivity index (χ0v) is 12.7. The van der Waals surface area contributed by atoms with E-state index in [-0.39, 0.29) is 5.41 Å². The number of anilines is 1. The van der Waals surface area contributed by atoms with Gasteiger partial charge in [0.2, 0.25) is 0 Å². The Morgan fingerprint density at radius 2 is 2.05 bits per heavy atom. The van der Waals surface area contributed by atoms with Crippen LogP contribution in [0, 0.1) is 23.7 Å². The van der Waals surface area contributed by atoms with Crippen molar-refractivity contribution < 1.29 is 4.21 Å². The summed E-state index contributed by atoms with van der Waals surface area (Å²) < 4.78 is 12.1. The van der Waals surface area contributed by atoms with E-state index < -0.39 is 10.8 Å². The number of hydrogen-bond acceptors (Lipinski definition) is 3. The first-order valence-electron chi connectivity index (χ1n) is 6.51. The second-order valence-electron chi connectivity index (χ2n) is 5.52. The minimum Gasteiger partial charge on any atom is -0.399 e. The average Bonchev–Trinajstić information content (AvgIpc) is 2.37.